The molecule has 0 spiro atoms. The van der Waals surface area contributed by atoms with Gasteiger partial charge in [0.25, 0.3) is 5.91 Å². The Morgan fingerprint density at radius 3 is 2.95 bits per heavy atom. The molecular weight excluding hydrogens is 290 g/mol. The molecule has 7 nitrogen and oxygen atoms in total. The van der Waals surface area contributed by atoms with Crippen LogP contribution >= 0.6 is 11.3 Å². The maximum Gasteiger partial charge on any atom is 0.271 e. The van der Waals surface area contributed by atoms with Crippen molar-refractivity contribution in [3.63, 3.8) is 0 Å². The number of nitrogens with zero attached hydrogens (tertiary/aromatic N) is 3. The molecule has 2 amide bonds. The quantitative estimate of drug-likeness (QED) is 0.870. The van der Waals surface area contributed by atoms with Crippen molar-refractivity contribution in [2.75, 3.05) is 11.9 Å². The summed E-state index contributed by atoms with van der Waals surface area (Å²) in [7, 11) is 0. The van der Waals surface area contributed by atoms with Crippen molar-refractivity contribution >= 4 is 28.3 Å². The van der Waals surface area contributed by atoms with Crippen molar-refractivity contribution in [1.82, 2.24) is 20.3 Å². The molecule has 1 aliphatic carbocycles. The molecule has 0 radical (unpaired) electrons. The fraction of sp³-hybridized carbons (Fsp3) is 0.308. The number of fused-ring (bicyclic) bond motifs is 1. The minimum Gasteiger partial charge on any atom is -0.342 e. The zero-order chi connectivity index (χ0) is 14.7. The first kappa shape index (κ1) is 13.6. The van der Waals surface area contributed by atoms with Crippen molar-refractivity contribution in [2.45, 2.75) is 19.3 Å². The predicted molar refractivity (Wildman–Crippen MR) is 77.1 cm³/mol. The first-order valence-corrected chi connectivity index (χ1v) is 7.36. The van der Waals surface area contributed by atoms with Gasteiger partial charge in [-0.1, -0.05) is 0 Å². The molecule has 3 rings (SSSR count). The van der Waals surface area contributed by atoms with E-state index >= 15 is 0 Å². The summed E-state index contributed by atoms with van der Waals surface area (Å²) >= 11 is 1.50. The van der Waals surface area contributed by atoms with Crippen LogP contribution in [0.2, 0.25) is 0 Å². The monoisotopic (exact) mass is 303 g/mol. The van der Waals surface area contributed by atoms with E-state index in [0.29, 0.717) is 5.13 Å². The average molecular weight is 303 g/mol. The van der Waals surface area contributed by atoms with Crippen LogP contribution in [0.5, 0.6) is 0 Å². The summed E-state index contributed by atoms with van der Waals surface area (Å²) in [6.07, 6.45) is 7.39. The van der Waals surface area contributed by atoms with Crippen molar-refractivity contribution in [2.24, 2.45) is 0 Å². The lowest BCUT2D eigenvalue weighted by Gasteiger charge is -2.04. The van der Waals surface area contributed by atoms with Crippen LogP contribution in [0.4, 0.5) is 5.13 Å². The number of carbonyl (C=O) groups excluding carboxylic acids is 2. The summed E-state index contributed by atoms with van der Waals surface area (Å²) in [4.78, 5) is 36.8. The van der Waals surface area contributed by atoms with Gasteiger partial charge in [0.15, 0.2) is 5.13 Å². The Hall–Kier alpha value is -2.35. The topological polar surface area (TPSA) is 96.9 Å². The molecule has 2 N–H and O–H groups in total. The van der Waals surface area contributed by atoms with Crippen molar-refractivity contribution < 1.29 is 9.59 Å². The Morgan fingerprint density at radius 1 is 1.29 bits per heavy atom. The van der Waals surface area contributed by atoms with Crippen LogP contribution in [-0.2, 0) is 17.6 Å². The van der Waals surface area contributed by atoms with E-state index in [9.17, 15) is 9.59 Å². The highest BCUT2D eigenvalue weighted by molar-refractivity contribution is 7.15. The number of hydrogen-bond acceptors (Lipinski definition) is 6. The number of thiazole rings is 1. The van der Waals surface area contributed by atoms with E-state index in [0.717, 1.165) is 25.0 Å². The van der Waals surface area contributed by atoms with Crippen LogP contribution in [0.15, 0.2) is 18.6 Å². The Kier molecular flexibility index (Phi) is 3.87. The molecule has 1 aliphatic rings. The molecular formula is C13H13N5O2S. The summed E-state index contributed by atoms with van der Waals surface area (Å²) in [5, 5.41) is 5.78. The first-order chi connectivity index (χ1) is 10.2. The van der Waals surface area contributed by atoms with E-state index in [1.54, 1.807) is 0 Å². The largest absolute Gasteiger partial charge is 0.342 e. The molecule has 2 aromatic heterocycles. The number of aryl methyl sites for hydroxylation is 2. The van der Waals surface area contributed by atoms with Crippen LogP contribution in [0.1, 0.15) is 27.5 Å². The number of amides is 2. The normalized spacial score (nSPS) is 12.8. The van der Waals surface area contributed by atoms with Gasteiger partial charge in [-0.15, -0.1) is 11.3 Å². The van der Waals surface area contributed by atoms with Crippen molar-refractivity contribution in [3.05, 3.63) is 34.9 Å². The van der Waals surface area contributed by atoms with Crippen LogP contribution in [0.3, 0.4) is 0 Å². The number of nitrogens with one attached hydrogen (secondary N) is 2. The molecule has 0 unspecified atom stereocenters. The van der Waals surface area contributed by atoms with Gasteiger partial charge in [0.2, 0.25) is 5.91 Å². The second kappa shape index (κ2) is 5.96. The molecule has 21 heavy (non-hydrogen) atoms. The Morgan fingerprint density at radius 2 is 2.19 bits per heavy atom. The minimum absolute atomic E-state index is 0.125. The zero-order valence-electron chi connectivity index (χ0n) is 11.1. The molecule has 0 saturated carbocycles. The van der Waals surface area contributed by atoms with E-state index in [2.05, 4.69) is 25.6 Å². The Balaban J connectivity index is 1.51. The Bertz CT molecular complexity index is 649. The fourth-order valence-electron chi connectivity index (χ4n) is 2.07. The van der Waals surface area contributed by atoms with Crippen LogP contribution in [0.25, 0.3) is 0 Å². The van der Waals surface area contributed by atoms with Gasteiger partial charge in [-0.25, -0.2) is 9.97 Å². The molecule has 0 saturated heterocycles. The molecule has 108 valence electrons. The summed E-state index contributed by atoms with van der Waals surface area (Å²) in [5.74, 6) is -0.737. The SMILES string of the molecule is O=C(CNC(=O)c1cnccn1)Nc1nc2c(s1)CCC2. The van der Waals surface area contributed by atoms with Crippen molar-refractivity contribution in [3.8, 4) is 0 Å². The van der Waals surface area contributed by atoms with E-state index in [-0.39, 0.29) is 18.1 Å². The lowest BCUT2D eigenvalue weighted by Crippen LogP contribution is -2.33. The van der Waals surface area contributed by atoms with Crippen molar-refractivity contribution in [1.29, 1.82) is 0 Å². The summed E-state index contributed by atoms with van der Waals surface area (Å²) in [6.45, 7) is -0.125. The minimum atomic E-state index is -0.431. The summed E-state index contributed by atoms with van der Waals surface area (Å²) in [5.41, 5.74) is 1.26. The van der Waals surface area contributed by atoms with Gasteiger partial charge in [-0.2, -0.15) is 0 Å². The van der Waals surface area contributed by atoms with E-state index < -0.39 is 5.91 Å². The maximum absolute atomic E-state index is 11.8. The first-order valence-electron chi connectivity index (χ1n) is 6.55. The molecule has 2 aromatic rings. The number of aromatic nitrogens is 3. The highest BCUT2D eigenvalue weighted by atomic mass is 32.1. The predicted octanol–water partition coefficient (Wildman–Crippen LogP) is 0.790. The van der Waals surface area contributed by atoms with Gasteiger partial charge in [0, 0.05) is 17.3 Å². The van der Waals surface area contributed by atoms with Gasteiger partial charge in [-0.3, -0.25) is 14.6 Å². The Labute approximate surface area is 124 Å². The van der Waals surface area contributed by atoms with Gasteiger partial charge >= 0.3 is 0 Å². The zero-order valence-corrected chi connectivity index (χ0v) is 11.9. The third-order valence-corrected chi connectivity index (χ3v) is 4.12. The number of rotatable bonds is 4. The smallest absolute Gasteiger partial charge is 0.271 e. The molecule has 0 fully saturated rings. The molecule has 0 aromatic carbocycles. The van der Waals surface area contributed by atoms with Crippen LogP contribution in [0, 0.1) is 0 Å². The molecule has 0 aliphatic heterocycles. The number of carbonyl (C=O) groups is 2. The summed E-state index contributed by atoms with van der Waals surface area (Å²) < 4.78 is 0. The van der Waals surface area contributed by atoms with Crippen LogP contribution < -0.4 is 10.6 Å². The fourth-order valence-corrected chi connectivity index (χ4v) is 3.14. The summed E-state index contributed by atoms with van der Waals surface area (Å²) in [6, 6.07) is 0. The van der Waals surface area contributed by atoms with Gasteiger partial charge in [-0.05, 0) is 19.3 Å². The van der Waals surface area contributed by atoms with Gasteiger partial charge in [0.05, 0.1) is 18.4 Å². The molecule has 0 bridgehead atoms. The number of hydrogen-bond donors (Lipinski definition) is 2. The van der Waals surface area contributed by atoms with E-state index in [4.69, 9.17) is 0 Å². The molecule has 0 atom stereocenters. The van der Waals surface area contributed by atoms with Crippen LogP contribution in [-0.4, -0.2) is 33.3 Å². The molecule has 8 heteroatoms. The second-order valence-electron chi connectivity index (χ2n) is 4.56. The molecule has 2 heterocycles. The third-order valence-electron chi connectivity index (χ3n) is 3.05. The highest BCUT2D eigenvalue weighted by Gasteiger charge is 2.18. The van der Waals surface area contributed by atoms with Gasteiger partial charge < -0.3 is 10.6 Å². The second-order valence-corrected chi connectivity index (χ2v) is 5.65. The number of anilines is 1. The standard InChI is InChI=1S/C13H13N5O2S/c19-11(7-16-12(20)9-6-14-4-5-15-9)18-13-17-8-2-1-3-10(8)21-13/h4-6H,1-3,7H2,(H,16,20)(H,17,18,19). The lowest BCUT2D eigenvalue weighted by atomic mass is 10.4. The van der Waals surface area contributed by atoms with E-state index in [1.165, 1.54) is 34.8 Å². The highest BCUT2D eigenvalue weighted by Crippen LogP contribution is 2.30. The average Bonchev–Trinajstić information content (AvgIpc) is 3.07. The van der Waals surface area contributed by atoms with Gasteiger partial charge in [0.1, 0.15) is 5.69 Å². The maximum atomic E-state index is 11.8. The van der Waals surface area contributed by atoms with E-state index in [1.807, 2.05) is 0 Å². The third kappa shape index (κ3) is 3.22. The lowest BCUT2D eigenvalue weighted by molar-refractivity contribution is -0.115.